The molecule has 2 aromatic carbocycles. The molecule has 1 atom stereocenters. The van der Waals surface area contributed by atoms with E-state index in [2.05, 4.69) is 17.0 Å². The van der Waals surface area contributed by atoms with Gasteiger partial charge in [-0.3, -0.25) is 9.69 Å². The summed E-state index contributed by atoms with van der Waals surface area (Å²) in [4.78, 5) is 17.5. The van der Waals surface area contributed by atoms with E-state index in [0.29, 0.717) is 24.7 Å². The number of piperidine rings is 1. The molecule has 0 radical (unpaired) electrons. The molecule has 0 bridgehead atoms. The van der Waals surface area contributed by atoms with Crippen LogP contribution in [0.4, 0.5) is 0 Å². The predicted molar refractivity (Wildman–Crippen MR) is 114 cm³/mol. The first-order valence-corrected chi connectivity index (χ1v) is 10.1. The normalized spacial score (nSPS) is 19.8. The van der Waals surface area contributed by atoms with Crippen molar-refractivity contribution in [2.45, 2.75) is 25.3 Å². The Bertz CT molecular complexity index is 794. The van der Waals surface area contributed by atoms with Crippen LogP contribution in [-0.4, -0.2) is 48.5 Å². The lowest BCUT2D eigenvalue weighted by Crippen LogP contribution is -2.44. The molecule has 150 valence electrons. The summed E-state index contributed by atoms with van der Waals surface area (Å²) in [6, 6.07) is 15.7. The molecule has 0 N–H and O–H groups in total. The average Bonchev–Trinajstić information content (AvgIpc) is 2.88. The van der Waals surface area contributed by atoms with Crippen LogP contribution in [0.25, 0.3) is 0 Å². The number of amides is 1. The maximum absolute atomic E-state index is 13.3. The summed E-state index contributed by atoms with van der Waals surface area (Å²) < 4.78 is 5.96. The molecule has 1 unspecified atom stereocenters. The number of fused-ring (bicyclic) bond motifs is 1. The van der Waals surface area contributed by atoms with Gasteiger partial charge in [-0.2, -0.15) is 0 Å². The number of carbonyl (C=O) groups excluding carboxylic acids is 1. The van der Waals surface area contributed by atoms with Crippen LogP contribution in [0.5, 0.6) is 5.75 Å². The van der Waals surface area contributed by atoms with Crippen LogP contribution in [-0.2, 0) is 4.79 Å². The van der Waals surface area contributed by atoms with Crippen LogP contribution in [0.15, 0.2) is 48.5 Å². The Balaban J connectivity index is 0.00000225. The summed E-state index contributed by atoms with van der Waals surface area (Å²) in [6.45, 7) is 3.55. The van der Waals surface area contributed by atoms with Gasteiger partial charge in [0.2, 0.25) is 5.91 Å². The predicted octanol–water partition coefficient (Wildman–Crippen LogP) is 4.56. The lowest BCUT2D eigenvalue weighted by atomic mass is 9.96. The van der Waals surface area contributed by atoms with Gasteiger partial charge in [-0.25, -0.2) is 0 Å². The molecule has 4 rings (SSSR count). The zero-order valence-electron chi connectivity index (χ0n) is 15.9. The minimum atomic E-state index is -0.181. The molecule has 2 aliphatic rings. The molecule has 0 aliphatic carbocycles. The number of carbonyl (C=O) groups is 1. The van der Waals surface area contributed by atoms with Gasteiger partial charge in [-0.15, -0.1) is 12.4 Å². The lowest BCUT2D eigenvalue weighted by Gasteiger charge is -2.33. The van der Waals surface area contributed by atoms with Crippen LogP contribution in [0, 0.1) is 0 Å². The van der Waals surface area contributed by atoms with Crippen LogP contribution in [0.2, 0.25) is 5.02 Å². The molecule has 1 fully saturated rings. The second kappa shape index (κ2) is 9.64. The molecule has 2 aliphatic heterocycles. The summed E-state index contributed by atoms with van der Waals surface area (Å²) >= 11 is 6.30. The molecule has 0 aromatic heterocycles. The number of halogens is 2. The van der Waals surface area contributed by atoms with Crippen LogP contribution in [0.1, 0.15) is 36.4 Å². The fourth-order valence-electron chi connectivity index (χ4n) is 4.08. The van der Waals surface area contributed by atoms with E-state index in [4.69, 9.17) is 16.3 Å². The van der Waals surface area contributed by atoms with Gasteiger partial charge in [-0.05, 0) is 49.7 Å². The highest BCUT2D eigenvalue weighted by Crippen LogP contribution is 2.38. The molecule has 1 amide bonds. The van der Waals surface area contributed by atoms with Crippen molar-refractivity contribution in [1.82, 2.24) is 9.80 Å². The molecule has 2 heterocycles. The van der Waals surface area contributed by atoms with Crippen LogP contribution in [0.3, 0.4) is 0 Å². The van der Waals surface area contributed by atoms with Gasteiger partial charge >= 0.3 is 0 Å². The Morgan fingerprint density at radius 3 is 2.54 bits per heavy atom. The highest BCUT2D eigenvalue weighted by Gasteiger charge is 2.32. The summed E-state index contributed by atoms with van der Waals surface area (Å²) in [6.07, 6.45) is 3.62. The van der Waals surface area contributed by atoms with Crippen molar-refractivity contribution >= 4 is 29.9 Å². The maximum atomic E-state index is 13.3. The third-order valence-corrected chi connectivity index (χ3v) is 5.65. The third kappa shape index (κ3) is 4.62. The van der Waals surface area contributed by atoms with Gasteiger partial charge in [0.25, 0.3) is 0 Å². The highest BCUT2D eigenvalue weighted by atomic mass is 35.5. The first kappa shape index (κ1) is 21.0. The Morgan fingerprint density at radius 1 is 1.04 bits per heavy atom. The molecule has 4 nitrogen and oxygen atoms in total. The summed E-state index contributed by atoms with van der Waals surface area (Å²) in [5.41, 5.74) is 2.04. The van der Waals surface area contributed by atoms with E-state index >= 15 is 0 Å². The van der Waals surface area contributed by atoms with Gasteiger partial charge in [0.1, 0.15) is 12.4 Å². The first-order valence-electron chi connectivity index (χ1n) is 9.71. The van der Waals surface area contributed by atoms with E-state index in [1.165, 1.54) is 19.3 Å². The van der Waals surface area contributed by atoms with Crippen molar-refractivity contribution in [1.29, 1.82) is 0 Å². The Hall–Kier alpha value is -1.75. The second-order valence-corrected chi connectivity index (χ2v) is 7.70. The van der Waals surface area contributed by atoms with Crippen LogP contribution < -0.4 is 4.74 Å². The number of nitrogens with zero attached hydrogens (tertiary/aromatic N) is 2. The van der Waals surface area contributed by atoms with Crippen molar-refractivity contribution in [3.63, 3.8) is 0 Å². The van der Waals surface area contributed by atoms with Crippen LogP contribution >= 0.6 is 24.0 Å². The Kier molecular flexibility index (Phi) is 7.22. The quantitative estimate of drug-likeness (QED) is 0.729. The van der Waals surface area contributed by atoms with Crippen molar-refractivity contribution < 1.29 is 9.53 Å². The zero-order chi connectivity index (χ0) is 18.6. The maximum Gasteiger partial charge on any atom is 0.237 e. The number of likely N-dealkylation sites (tertiary alicyclic amines) is 1. The number of ether oxygens (including phenoxy) is 1. The molecule has 6 heteroatoms. The van der Waals surface area contributed by atoms with E-state index in [9.17, 15) is 4.79 Å². The average molecular weight is 421 g/mol. The van der Waals surface area contributed by atoms with Gasteiger partial charge < -0.3 is 9.64 Å². The van der Waals surface area contributed by atoms with Crippen molar-refractivity contribution in [2.24, 2.45) is 0 Å². The number of rotatable bonds is 3. The molecular weight excluding hydrogens is 395 g/mol. The van der Waals surface area contributed by atoms with E-state index < -0.39 is 0 Å². The fourth-order valence-corrected chi connectivity index (χ4v) is 4.26. The topological polar surface area (TPSA) is 32.8 Å². The fraction of sp³-hybridized carbons (Fsp3) is 0.409. The van der Waals surface area contributed by atoms with Crippen molar-refractivity contribution in [3.05, 3.63) is 64.7 Å². The largest absolute Gasteiger partial charge is 0.491 e. The number of hydrogen-bond donors (Lipinski definition) is 0. The van der Waals surface area contributed by atoms with E-state index in [-0.39, 0.29) is 24.4 Å². The molecule has 28 heavy (non-hydrogen) atoms. The molecule has 0 spiro atoms. The SMILES string of the molecule is Cl.O=C(CN1CCCCC1)N1CCOc2ccc(Cl)cc2C1c1ccccc1. The van der Waals surface area contributed by atoms with Gasteiger partial charge in [-0.1, -0.05) is 48.4 Å². The third-order valence-electron chi connectivity index (χ3n) is 5.41. The smallest absolute Gasteiger partial charge is 0.237 e. The molecular formula is C22H26Cl2N2O2. The van der Waals surface area contributed by atoms with Crippen molar-refractivity contribution in [3.8, 4) is 5.75 Å². The standard InChI is InChI=1S/C22H25ClN2O2.ClH/c23-18-9-10-20-19(15-18)22(17-7-3-1-4-8-17)25(13-14-27-20)21(26)16-24-11-5-2-6-12-24;/h1,3-4,7-10,15,22H,2,5-6,11-14,16H2;1H. The van der Waals surface area contributed by atoms with E-state index in [1.807, 2.05) is 41.3 Å². The lowest BCUT2D eigenvalue weighted by molar-refractivity contribution is -0.134. The van der Waals surface area contributed by atoms with E-state index in [0.717, 1.165) is 30.0 Å². The second-order valence-electron chi connectivity index (χ2n) is 7.27. The Morgan fingerprint density at radius 2 is 1.79 bits per heavy atom. The number of benzene rings is 2. The van der Waals surface area contributed by atoms with Gasteiger partial charge in [0.15, 0.2) is 0 Å². The van der Waals surface area contributed by atoms with Gasteiger partial charge in [0.05, 0.1) is 19.1 Å². The minimum Gasteiger partial charge on any atom is -0.491 e. The van der Waals surface area contributed by atoms with E-state index in [1.54, 1.807) is 0 Å². The number of hydrogen-bond acceptors (Lipinski definition) is 3. The van der Waals surface area contributed by atoms with Crippen molar-refractivity contribution in [2.75, 3.05) is 32.8 Å². The molecule has 2 aromatic rings. The molecule has 0 saturated carbocycles. The monoisotopic (exact) mass is 420 g/mol. The summed E-state index contributed by atoms with van der Waals surface area (Å²) in [5.74, 6) is 0.962. The summed E-state index contributed by atoms with van der Waals surface area (Å²) in [5, 5.41) is 0.656. The zero-order valence-corrected chi connectivity index (χ0v) is 17.4. The Labute approximate surface area is 177 Å². The highest BCUT2D eigenvalue weighted by molar-refractivity contribution is 6.30. The minimum absolute atomic E-state index is 0. The van der Waals surface area contributed by atoms with Gasteiger partial charge in [0, 0.05) is 10.6 Å². The first-order chi connectivity index (χ1) is 13.2. The molecule has 1 saturated heterocycles. The summed E-state index contributed by atoms with van der Waals surface area (Å²) in [7, 11) is 0.